The molecule has 0 N–H and O–H groups in total. The average molecular weight is 285 g/mol. The molecule has 1 aromatic rings. The number of ketones is 1. The van der Waals surface area contributed by atoms with E-state index in [-0.39, 0.29) is 5.54 Å². The molecule has 0 aromatic heterocycles. The van der Waals surface area contributed by atoms with Crippen LogP contribution in [0.15, 0.2) is 18.2 Å². The Morgan fingerprint density at radius 2 is 1.57 bits per heavy atom. The maximum Gasteiger partial charge on any atom is 0.157 e. The Morgan fingerprint density at radius 1 is 1.00 bits per heavy atom. The van der Waals surface area contributed by atoms with Crippen molar-refractivity contribution in [3.05, 3.63) is 34.9 Å². The van der Waals surface area contributed by atoms with Crippen LogP contribution in [-0.4, -0.2) is 29.3 Å². The summed E-state index contributed by atoms with van der Waals surface area (Å²) in [5.74, 6) is 0.465. The minimum atomic E-state index is -0.131. The summed E-state index contributed by atoms with van der Waals surface area (Å²) in [6.45, 7) is 6.48. The molecule has 1 saturated carbocycles. The van der Waals surface area contributed by atoms with Gasteiger partial charge in [-0.2, -0.15) is 0 Å². The number of hydrogen-bond acceptors (Lipinski definition) is 2. The third-order valence-corrected chi connectivity index (χ3v) is 5.31. The van der Waals surface area contributed by atoms with Crippen LogP contribution in [0, 0.1) is 13.8 Å². The highest BCUT2D eigenvalue weighted by Gasteiger charge is 2.45. The highest BCUT2D eigenvalue weighted by Crippen LogP contribution is 2.39. The smallest absolute Gasteiger partial charge is 0.157 e. The predicted octanol–water partition coefficient (Wildman–Crippen LogP) is 3.82. The van der Waals surface area contributed by atoms with E-state index < -0.39 is 0 Å². The average Bonchev–Trinajstić information content (AvgIpc) is 3.09. The van der Waals surface area contributed by atoms with E-state index in [4.69, 9.17) is 0 Å². The fraction of sp³-hybridized carbons (Fsp3) is 0.632. The number of rotatable bonds is 4. The van der Waals surface area contributed by atoms with Crippen LogP contribution >= 0.6 is 0 Å². The molecule has 114 valence electrons. The molecule has 0 amide bonds. The lowest BCUT2D eigenvalue weighted by atomic mass is 9.86. The topological polar surface area (TPSA) is 20.3 Å². The molecule has 2 nitrogen and oxygen atoms in total. The van der Waals surface area contributed by atoms with Crippen LogP contribution in [0.5, 0.6) is 0 Å². The lowest BCUT2D eigenvalue weighted by Gasteiger charge is -2.37. The third kappa shape index (κ3) is 2.91. The monoisotopic (exact) mass is 285 g/mol. The van der Waals surface area contributed by atoms with Gasteiger partial charge in [-0.15, -0.1) is 0 Å². The Morgan fingerprint density at radius 3 is 2.14 bits per heavy atom. The summed E-state index contributed by atoms with van der Waals surface area (Å²) in [4.78, 5) is 15.6. The lowest BCUT2D eigenvalue weighted by Crippen LogP contribution is -2.52. The Hall–Kier alpha value is -1.15. The summed E-state index contributed by atoms with van der Waals surface area (Å²) >= 11 is 0. The molecule has 1 aromatic carbocycles. The zero-order chi connectivity index (χ0) is 14.9. The summed E-state index contributed by atoms with van der Waals surface area (Å²) in [5, 5.41) is 0. The van der Waals surface area contributed by atoms with Gasteiger partial charge in [0.05, 0.1) is 5.54 Å². The second kappa shape index (κ2) is 5.92. The summed E-state index contributed by atoms with van der Waals surface area (Å²) in [5.41, 5.74) is 3.59. The van der Waals surface area contributed by atoms with Crippen molar-refractivity contribution in [2.24, 2.45) is 0 Å². The van der Waals surface area contributed by atoms with Gasteiger partial charge in [0.15, 0.2) is 5.78 Å². The van der Waals surface area contributed by atoms with Gasteiger partial charge in [-0.3, -0.25) is 9.69 Å². The largest absolute Gasteiger partial charge is 0.297 e. The first kappa shape index (κ1) is 14.8. The van der Waals surface area contributed by atoms with E-state index in [0.717, 1.165) is 25.9 Å². The summed E-state index contributed by atoms with van der Waals surface area (Å²) in [7, 11) is 0. The van der Waals surface area contributed by atoms with Gasteiger partial charge in [-0.25, -0.2) is 0 Å². The maximum atomic E-state index is 13.1. The summed E-state index contributed by atoms with van der Waals surface area (Å²) in [6.07, 6.45) is 7.73. The first-order valence-electron chi connectivity index (χ1n) is 8.46. The van der Waals surface area contributed by atoms with Crippen LogP contribution in [0.3, 0.4) is 0 Å². The lowest BCUT2D eigenvalue weighted by molar-refractivity contribution is -0.129. The number of nitrogens with zero attached hydrogens (tertiary/aromatic N) is 1. The maximum absolute atomic E-state index is 13.1. The molecule has 0 bridgehead atoms. The fourth-order valence-corrected chi connectivity index (χ4v) is 4.40. The Labute approximate surface area is 128 Å². The number of likely N-dealkylation sites (tertiary alicyclic amines) is 1. The SMILES string of the molecule is Cc1cc(C)cc(CC(=O)C2(N3CCCC3)CCCC2)c1. The fourth-order valence-electron chi connectivity index (χ4n) is 4.40. The number of hydrogen-bond donors (Lipinski definition) is 0. The third-order valence-electron chi connectivity index (χ3n) is 5.31. The Bertz CT molecular complexity index is 502. The minimum absolute atomic E-state index is 0.131. The van der Waals surface area contributed by atoms with Crippen molar-refractivity contribution in [2.75, 3.05) is 13.1 Å². The zero-order valence-electron chi connectivity index (χ0n) is 13.5. The van der Waals surface area contributed by atoms with Gasteiger partial charge in [0.25, 0.3) is 0 Å². The van der Waals surface area contributed by atoms with Gasteiger partial charge >= 0.3 is 0 Å². The molecule has 1 saturated heterocycles. The molecule has 3 rings (SSSR count). The summed E-state index contributed by atoms with van der Waals surface area (Å²) in [6, 6.07) is 6.54. The van der Waals surface area contributed by atoms with Crippen LogP contribution in [0.1, 0.15) is 55.2 Å². The van der Waals surface area contributed by atoms with Crippen molar-refractivity contribution in [1.82, 2.24) is 4.90 Å². The molecule has 1 heterocycles. The first-order chi connectivity index (χ1) is 10.1. The van der Waals surface area contributed by atoms with Crippen molar-refractivity contribution in [1.29, 1.82) is 0 Å². The molecule has 2 aliphatic rings. The van der Waals surface area contributed by atoms with E-state index in [9.17, 15) is 4.79 Å². The van der Waals surface area contributed by atoms with Crippen molar-refractivity contribution in [2.45, 2.75) is 64.3 Å². The first-order valence-corrected chi connectivity index (χ1v) is 8.46. The molecule has 1 aliphatic heterocycles. The van der Waals surface area contributed by atoms with E-state index in [1.807, 2.05) is 0 Å². The van der Waals surface area contributed by atoms with Gasteiger partial charge in [0.1, 0.15) is 0 Å². The minimum Gasteiger partial charge on any atom is -0.297 e. The molecule has 0 radical (unpaired) electrons. The zero-order valence-corrected chi connectivity index (χ0v) is 13.5. The molecule has 2 heteroatoms. The van der Waals surface area contributed by atoms with Crippen molar-refractivity contribution in [3.8, 4) is 0 Å². The molecule has 2 fully saturated rings. The van der Waals surface area contributed by atoms with Crippen LogP contribution in [0.4, 0.5) is 0 Å². The highest BCUT2D eigenvalue weighted by atomic mass is 16.1. The van der Waals surface area contributed by atoms with Gasteiger partial charge in [0, 0.05) is 6.42 Å². The Kier molecular flexibility index (Phi) is 4.17. The van der Waals surface area contributed by atoms with Crippen LogP contribution in [0.2, 0.25) is 0 Å². The number of carbonyl (C=O) groups is 1. The Balaban J connectivity index is 1.81. The number of aryl methyl sites for hydroxylation is 2. The van der Waals surface area contributed by atoms with E-state index in [0.29, 0.717) is 12.2 Å². The van der Waals surface area contributed by atoms with Crippen LogP contribution in [0.25, 0.3) is 0 Å². The van der Waals surface area contributed by atoms with Gasteiger partial charge in [-0.1, -0.05) is 42.2 Å². The molecular weight excluding hydrogens is 258 g/mol. The second-order valence-corrected chi connectivity index (χ2v) is 7.03. The summed E-state index contributed by atoms with van der Waals surface area (Å²) < 4.78 is 0. The second-order valence-electron chi connectivity index (χ2n) is 7.03. The number of benzene rings is 1. The van der Waals surface area contributed by atoms with E-state index in [1.54, 1.807) is 0 Å². The van der Waals surface area contributed by atoms with Crippen molar-refractivity contribution in [3.63, 3.8) is 0 Å². The van der Waals surface area contributed by atoms with Crippen molar-refractivity contribution >= 4 is 5.78 Å². The molecule has 0 atom stereocenters. The van der Waals surface area contributed by atoms with Gasteiger partial charge < -0.3 is 0 Å². The van der Waals surface area contributed by atoms with Crippen LogP contribution in [-0.2, 0) is 11.2 Å². The molecule has 0 spiro atoms. The molecule has 0 unspecified atom stereocenters. The van der Waals surface area contributed by atoms with Gasteiger partial charge in [0.2, 0.25) is 0 Å². The standard InChI is InChI=1S/C19H27NO/c1-15-11-16(2)13-17(12-15)14-18(21)19(7-3-4-8-19)20-9-5-6-10-20/h11-13H,3-10,14H2,1-2H3. The number of Topliss-reactive ketones (excluding diaryl/α,β-unsaturated/α-hetero) is 1. The van der Waals surface area contributed by atoms with Gasteiger partial charge in [-0.05, 0) is 58.2 Å². The van der Waals surface area contributed by atoms with E-state index in [2.05, 4.69) is 36.9 Å². The highest BCUT2D eigenvalue weighted by molar-refractivity contribution is 5.90. The normalized spacial score (nSPS) is 21.8. The molecule has 21 heavy (non-hydrogen) atoms. The number of carbonyl (C=O) groups excluding carboxylic acids is 1. The van der Waals surface area contributed by atoms with E-state index in [1.165, 1.54) is 42.4 Å². The predicted molar refractivity (Wildman–Crippen MR) is 86.6 cm³/mol. The van der Waals surface area contributed by atoms with Crippen molar-refractivity contribution < 1.29 is 4.79 Å². The molecular formula is C19H27NO. The van der Waals surface area contributed by atoms with Crippen LogP contribution < -0.4 is 0 Å². The van der Waals surface area contributed by atoms with E-state index >= 15 is 0 Å². The quantitative estimate of drug-likeness (QED) is 0.838. The molecule has 1 aliphatic carbocycles.